The molecule has 1 heterocycles. The van der Waals surface area contributed by atoms with Crippen molar-refractivity contribution in [3.63, 3.8) is 0 Å². The second-order valence-electron chi connectivity index (χ2n) is 6.19. The Morgan fingerprint density at radius 3 is 2.39 bits per heavy atom. The zero-order valence-electron chi connectivity index (χ0n) is 16.6. The Morgan fingerprint density at radius 2 is 1.79 bits per heavy atom. The number of hydrogen-bond acceptors (Lipinski definition) is 6. The number of benzene rings is 1. The molecular weight excluding hydrogens is 390 g/mol. The van der Waals surface area contributed by atoms with Crippen LogP contribution in [0.5, 0.6) is 11.5 Å². The molecule has 1 unspecified atom stereocenters. The summed E-state index contributed by atoms with van der Waals surface area (Å²) in [5.41, 5.74) is 0. The Hall–Kier alpha value is -1.93. The van der Waals surface area contributed by atoms with E-state index in [1.54, 1.807) is 26.0 Å². The number of fused-ring (bicyclic) bond motifs is 1. The third-order valence-corrected chi connectivity index (χ3v) is 5.48. The largest absolute Gasteiger partial charge is 0.493 e. The van der Waals surface area contributed by atoms with Crippen LogP contribution in [0.25, 0.3) is 10.1 Å². The van der Waals surface area contributed by atoms with Crippen LogP contribution in [0.2, 0.25) is 0 Å². The minimum Gasteiger partial charge on any atom is -0.493 e. The van der Waals surface area contributed by atoms with Crippen LogP contribution in [-0.2, 0) is 20.2 Å². The number of alkyl halides is 2. The molecule has 1 aromatic carbocycles. The van der Waals surface area contributed by atoms with Crippen molar-refractivity contribution in [2.45, 2.75) is 45.1 Å². The Labute approximate surface area is 167 Å². The van der Waals surface area contributed by atoms with Gasteiger partial charge in [0.2, 0.25) is 0 Å². The molecule has 0 radical (unpaired) electrons. The van der Waals surface area contributed by atoms with Crippen LogP contribution in [0.3, 0.4) is 0 Å². The molecule has 0 N–H and O–H groups in total. The maximum absolute atomic E-state index is 14.8. The summed E-state index contributed by atoms with van der Waals surface area (Å²) in [6, 6.07) is 4.86. The normalized spacial score (nSPS) is 12.8. The monoisotopic (exact) mass is 416 g/mol. The van der Waals surface area contributed by atoms with Crippen LogP contribution in [0, 0.1) is 0 Å². The lowest BCUT2D eigenvalue weighted by molar-refractivity contribution is -0.146. The Morgan fingerprint density at radius 1 is 1.11 bits per heavy atom. The van der Waals surface area contributed by atoms with Gasteiger partial charge < -0.3 is 18.9 Å². The molecule has 156 valence electrons. The van der Waals surface area contributed by atoms with Gasteiger partial charge in [-0.2, -0.15) is 0 Å². The maximum Gasteiger partial charge on any atom is 0.308 e. The molecule has 0 fully saturated rings. The molecule has 0 saturated heterocycles. The van der Waals surface area contributed by atoms with Crippen LogP contribution in [0.1, 0.15) is 38.0 Å². The maximum atomic E-state index is 14.8. The van der Waals surface area contributed by atoms with Gasteiger partial charge in [-0.25, -0.2) is 8.78 Å². The highest BCUT2D eigenvalue weighted by Gasteiger charge is 2.35. The second kappa shape index (κ2) is 10.0. The smallest absolute Gasteiger partial charge is 0.308 e. The number of methoxy groups -OCH3 is 2. The summed E-state index contributed by atoms with van der Waals surface area (Å²) in [6.45, 7) is 4.07. The molecule has 0 spiro atoms. The van der Waals surface area contributed by atoms with Crippen molar-refractivity contribution >= 4 is 27.4 Å². The summed E-state index contributed by atoms with van der Waals surface area (Å²) in [6.07, 6.45) is -0.985. The van der Waals surface area contributed by atoms with Gasteiger partial charge in [0.05, 0.1) is 38.2 Å². The summed E-state index contributed by atoms with van der Waals surface area (Å²) in [7, 11) is 3.01. The molecule has 0 saturated carbocycles. The van der Waals surface area contributed by atoms with Gasteiger partial charge >= 0.3 is 5.97 Å². The molecule has 5 nitrogen and oxygen atoms in total. The van der Waals surface area contributed by atoms with Gasteiger partial charge in [0.15, 0.2) is 11.5 Å². The lowest BCUT2D eigenvalue weighted by Crippen LogP contribution is -2.23. The van der Waals surface area contributed by atoms with E-state index in [-0.39, 0.29) is 24.3 Å². The highest BCUT2D eigenvalue weighted by Crippen LogP contribution is 2.43. The van der Waals surface area contributed by atoms with E-state index in [0.717, 1.165) is 11.3 Å². The number of rotatable bonds is 11. The molecule has 0 aliphatic rings. The molecule has 0 amide bonds. The van der Waals surface area contributed by atoms with E-state index in [4.69, 9.17) is 18.9 Å². The van der Waals surface area contributed by atoms with Crippen molar-refractivity contribution in [1.29, 1.82) is 0 Å². The standard InChI is InChI=1S/C20H26F2O5S/c1-5-26-14(11-19(23)27-6-2)7-8-20(21,22)18-10-13-9-15(24-3)16(25-4)12-17(13)28-18/h9-10,12,14H,5-8,11H2,1-4H3. The first-order valence-corrected chi connectivity index (χ1v) is 9.97. The molecule has 1 atom stereocenters. The number of thiophene rings is 1. The fourth-order valence-corrected chi connectivity index (χ4v) is 3.97. The average Bonchev–Trinajstić information content (AvgIpc) is 3.09. The van der Waals surface area contributed by atoms with E-state index < -0.39 is 24.4 Å². The Kier molecular flexibility index (Phi) is 8.00. The van der Waals surface area contributed by atoms with Crippen molar-refractivity contribution in [2.75, 3.05) is 27.4 Å². The van der Waals surface area contributed by atoms with Crippen LogP contribution >= 0.6 is 11.3 Å². The first kappa shape index (κ1) is 22.4. The second-order valence-corrected chi connectivity index (χ2v) is 7.27. The van der Waals surface area contributed by atoms with Gasteiger partial charge in [0.25, 0.3) is 5.92 Å². The summed E-state index contributed by atoms with van der Waals surface area (Å²) in [5, 5.41) is 0.671. The molecule has 1 aromatic heterocycles. The van der Waals surface area contributed by atoms with Crippen molar-refractivity contribution < 1.29 is 32.5 Å². The van der Waals surface area contributed by atoms with E-state index >= 15 is 0 Å². The van der Waals surface area contributed by atoms with Crippen molar-refractivity contribution in [2.24, 2.45) is 0 Å². The minimum absolute atomic E-state index is 0.0292. The van der Waals surface area contributed by atoms with Crippen molar-refractivity contribution in [1.82, 2.24) is 0 Å². The molecule has 0 aliphatic heterocycles. The zero-order chi connectivity index (χ0) is 20.7. The number of carbonyl (C=O) groups is 1. The van der Waals surface area contributed by atoms with Gasteiger partial charge in [-0.05, 0) is 37.8 Å². The van der Waals surface area contributed by atoms with E-state index in [9.17, 15) is 13.6 Å². The first-order chi connectivity index (χ1) is 13.3. The number of carbonyl (C=O) groups excluding carboxylic acids is 1. The number of hydrogen-bond donors (Lipinski definition) is 0. The topological polar surface area (TPSA) is 54.0 Å². The van der Waals surface area contributed by atoms with Crippen LogP contribution in [0.4, 0.5) is 8.78 Å². The molecule has 0 aliphatic carbocycles. The molecule has 28 heavy (non-hydrogen) atoms. The quantitative estimate of drug-likeness (QED) is 0.474. The first-order valence-electron chi connectivity index (χ1n) is 9.15. The SMILES string of the molecule is CCOC(=O)CC(CCC(F)(F)c1cc2cc(OC)c(OC)cc2s1)OCC. The zero-order valence-corrected chi connectivity index (χ0v) is 17.4. The fraction of sp³-hybridized carbons (Fsp3) is 0.550. The van der Waals surface area contributed by atoms with Crippen LogP contribution in [-0.4, -0.2) is 39.5 Å². The lowest BCUT2D eigenvalue weighted by atomic mass is 10.1. The predicted molar refractivity (Wildman–Crippen MR) is 105 cm³/mol. The Balaban J connectivity index is 2.15. The molecule has 0 bridgehead atoms. The lowest BCUT2D eigenvalue weighted by Gasteiger charge is -2.20. The van der Waals surface area contributed by atoms with E-state index in [0.29, 0.717) is 28.2 Å². The Bertz CT molecular complexity index is 749. The highest BCUT2D eigenvalue weighted by atomic mass is 32.1. The molecule has 2 rings (SSSR count). The summed E-state index contributed by atoms with van der Waals surface area (Å²) < 4.78 is 51.1. The van der Waals surface area contributed by atoms with E-state index in [1.165, 1.54) is 20.3 Å². The van der Waals surface area contributed by atoms with Crippen LogP contribution < -0.4 is 9.47 Å². The van der Waals surface area contributed by atoms with Gasteiger partial charge in [-0.1, -0.05) is 0 Å². The molecular formula is C20H26F2O5S. The summed E-state index contributed by atoms with van der Waals surface area (Å²) in [4.78, 5) is 11.6. The molecule has 8 heteroatoms. The third kappa shape index (κ3) is 5.54. The highest BCUT2D eigenvalue weighted by molar-refractivity contribution is 7.19. The predicted octanol–water partition coefficient (Wildman–Crippen LogP) is 5.15. The van der Waals surface area contributed by atoms with Gasteiger partial charge in [0.1, 0.15) is 0 Å². The number of ether oxygens (including phenoxy) is 4. The van der Waals surface area contributed by atoms with E-state index in [2.05, 4.69) is 0 Å². The number of halogens is 2. The minimum atomic E-state index is -3.03. The van der Waals surface area contributed by atoms with E-state index in [1.807, 2.05) is 0 Å². The number of esters is 1. The summed E-state index contributed by atoms with van der Waals surface area (Å²) >= 11 is 1.02. The molecule has 2 aromatic rings. The van der Waals surface area contributed by atoms with Gasteiger partial charge in [-0.3, -0.25) is 4.79 Å². The third-order valence-electron chi connectivity index (χ3n) is 4.27. The average molecular weight is 416 g/mol. The van der Waals surface area contributed by atoms with Gasteiger partial charge in [-0.15, -0.1) is 11.3 Å². The van der Waals surface area contributed by atoms with Crippen molar-refractivity contribution in [3.05, 3.63) is 23.1 Å². The summed E-state index contributed by atoms with van der Waals surface area (Å²) in [5.74, 6) is -2.48. The fourth-order valence-electron chi connectivity index (χ4n) is 2.90. The van der Waals surface area contributed by atoms with Crippen LogP contribution in [0.15, 0.2) is 18.2 Å². The van der Waals surface area contributed by atoms with Gasteiger partial charge in [0, 0.05) is 23.8 Å². The van der Waals surface area contributed by atoms with Crippen molar-refractivity contribution in [3.8, 4) is 11.5 Å².